The highest BCUT2D eigenvalue weighted by Crippen LogP contribution is 1.95. The lowest BCUT2D eigenvalue weighted by Gasteiger charge is -2.09. The first-order valence-corrected chi connectivity index (χ1v) is 4.65. The van der Waals surface area contributed by atoms with Crippen LogP contribution in [-0.2, 0) is 11.2 Å². The highest BCUT2D eigenvalue weighted by molar-refractivity contribution is 6.01. The van der Waals surface area contributed by atoms with E-state index in [1.165, 1.54) is 13.3 Å². The third kappa shape index (κ3) is 3.23. The van der Waals surface area contributed by atoms with E-state index in [-0.39, 0.29) is 11.7 Å². The van der Waals surface area contributed by atoms with Gasteiger partial charge in [-0.15, -0.1) is 0 Å². The number of nitrogens with one attached hydrogen (secondary N) is 1. The zero-order valence-corrected chi connectivity index (χ0v) is 8.75. The molecule has 0 fully saturated rings. The van der Waals surface area contributed by atoms with Crippen molar-refractivity contribution < 1.29 is 14.5 Å². The van der Waals surface area contributed by atoms with Crippen LogP contribution >= 0.6 is 0 Å². The van der Waals surface area contributed by atoms with Gasteiger partial charge in [0.2, 0.25) is 11.8 Å². The Morgan fingerprint density at radius 3 is 3.12 bits per heavy atom. The first-order chi connectivity index (χ1) is 7.65. The van der Waals surface area contributed by atoms with Crippen LogP contribution in [0.2, 0.25) is 0 Å². The molecule has 1 aromatic rings. The minimum atomic E-state index is -0.673. The molecule has 0 aliphatic rings. The van der Waals surface area contributed by atoms with E-state index in [1.54, 1.807) is 0 Å². The van der Waals surface area contributed by atoms with Gasteiger partial charge in [0.15, 0.2) is 12.2 Å². The number of hydrogen-bond donors (Lipinski definition) is 3. The van der Waals surface area contributed by atoms with Gasteiger partial charge >= 0.3 is 0 Å². The molecule has 0 spiro atoms. The van der Waals surface area contributed by atoms with Gasteiger partial charge in [0, 0.05) is 13.0 Å². The van der Waals surface area contributed by atoms with Crippen LogP contribution in [0.15, 0.2) is 16.0 Å². The minimum absolute atomic E-state index is 0.129. The van der Waals surface area contributed by atoms with Gasteiger partial charge in [-0.3, -0.25) is 4.79 Å². The zero-order chi connectivity index (χ0) is 12.0. The number of oxime groups is 1. The molecule has 0 radical (unpaired) electrons. The lowest BCUT2D eigenvalue weighted by molar-refractivity contribution is -0.122. The van der Waals surface area contributed by atoms with Crippen LogP contribution in [0.4, 0.5) is 0 Å². The minimum Gasteiger partial charge on any atom is -0.409 e. The number of nitrogens with two attached hydrogens (primary N) is 1. The summed E-state index contributed by atoms with van der Waals surface area (Å²) in [6, 6.07) is 0. The molecule has 88 valence electrons. The van der Waals surface area contributed by atoms with Crippen LogP contribution in [-0.4, -0.2) is 33.6 Å². The molecule has 0 aliphatic carbocycles. The van der Waals surface area contributed by atoms with Gasteiger partial charge in [0.1, 0.15) is 0 Å². The Balaban J connectivity index is 2.30. The van der Waals surface area contributed by atoms with Crippen molar-refractivity contribution in [3.8, 4) is 0 Å². The summed E-state index contributed by atoms with van der Waals surface area (Å²) in [7, 11) is 0. The molecule has 1 rings (SSSR count). The Morgan fingerprint density at radius 1 is 1.81 bits per heavy atom. The summed E-state index contributed by atoms with van der Waals surface area (Å²) in [6.07, 6.45) is 1.73. The molecule has 0 bridgehead atoms. The molecule has 0 saturated heterocycles. The topological polar surface area (TPSA) is 127 Å². The second-order valence-electron chi connectivity index (χ2n) is 3.12. The lowest BCUT2D eigenvalue weighted by atomic mass is 10.1. The summed E-state index contributed by atoms with van der Waals surface area (Å²) in [5.41, 5.74) is 5.28. The van der Waals surface area contributed by atoms with Gasteiger partial charge in [-0.25, -0.2) is 0 Å². The molecule has 1 aromatic heterocycles. The summed E-state index contributed by atoms with van der Waals surface area (Å²) in [5, 5.41) is 17.2. The Bertz CT molecular complexity index is 362. The number of carbonyl (C=O) groups excluding carboxylic acids is 1. The van der Waals surface area contributed by atoms with Crippen molar-refractivity contribution in [2.45, 2.75) is 13.3 Å². The molecule has 8 nitrogen and oxygen atoms in total. The van der Waals surface area contributed by atoms with Crippen LogP contribution in [0.5, 0.6) is 0 Å². The van der Waals surface area contributed by atoms with Gasteiger partial charge in [-0.05, 0) is 6.92 Å². The Kier molecular flexibility index (Phi) is 4.25. The quantitative estimate of drug-likeness (QED) is 0.259. The molecule has 16 heavy (non-hydrogen) atoms. The van der Waals surface area contributed by atoms with Gasteiger partial charge < -0.3 is 20.8 Å². The van der Waals surface area contributed by atoms with Crippen molar-refractivity contribution in [3.05, 3.63) is 12.2 Å². The first-order valence-electron chi connectivity index (χ1n) is 4.65. The number of nitrogens with zero attached hydrogens (tertiary/aromatic N) is 3. The second kappa shape index (κ2) is 5.69. The summed E-state index contributed by atoms with van der Waals surface area (Å²) in [5.74, 6) is -0.686. The smallest absolute Gasteiger partial charge is 0.230 e. The van der Waals surface area contributed by atoms with Gasteiger partial charge in [0.05, 0.1) is 5.92 Å². The molecule has 0 aromatic carbocycles. The highest BCUT2D eigenvalue weighted by atomic mass is 16.5. The molecule has 8 heteroatoms. The van der Waals surface area contributed by atoms with E-state index in [9.17, 15) is 4.79 Å². The number of amides is 1. The van der Waals surface area contributed by atoms with E-state index in [0.717, 1.165) is 0 Å². The third-order valence-electron chi connectivity index (χ3n) is 2.00. The number of hydrogen-bond acceptors (Lipinski definition) is 6. The number of rotatable bonds is 5. The molecule has 0 aliphatic heterocycles. The highest BCUT2D eigenvalue weighted by Gasteiger charge is 2.16. The van der Waals surface area contributed by atoms with E-state index in [2.05, 4.69) is 20.6 Å². The van der Waals surface area contributed by atoms with Crippen LogP contribution < -0.4 is 11.1 Å². The monoisotopic (exact) mass is 227 g/mol. The maximum Gasteiger partial charge on any atom is 0.230 e. The standard InChI is InChI=1S/C8H13N5O3/c1-5(7(9)13-15)8(14)10-3-2-6-11-4-12-16-6/h4-5,15H,2-3H2,1H3,(H2,9,13)(H,10,14). The molecular weight excluding hydrogens is 214 g/mol. The van der Waals surface area contributed by atoms with Crippen LogP contribution in [0, 0.1) is 5.92 Å². The van der Waals surface area contributed by atoms with Crippen molar-refractivity contribution in [2.75, 3.05) is 6.54 Å². The van der Waals surface area contributed by atoms with Crippen LogP contribution in [0.3, 0.4) is 0 Å². The normalized spacial score (nSPS) is 13.4. The summed E-state index contributed by atoms with van der Waals surface area (Å²) in [6.45, 7) is 1.89. The van der Waals surface area contributed by atoms with Crippen molar-refractivity contribution in [3.63, 3.8) is 0 Å². The summed E-state index contributed by atoms with van der Waals surface area (Å²) >= 11 is 0. The average molecular weight is 227 g/mol. The molecule has 1 amide bonds. The van der Waals surface area contributed by atoms with Crippen molar-refractivity contribution >= 4 is 11.7 Å². The zero-order valence-electron chi connectivity index (χ0n) is 8.75. The van der Waals surface area contributed by atoms with Gasteiger partial charge in [0.25, 0.3) is 0 Å². The maximum atomic E-state index is 11.4. The summed E-state index contributed by atoms with van der Waals surface area (Å²) in [4.78, 5) is 15.2. The Labute approximate surface area is 91.5 Å². The first kappa shape index (κ1) is 12.0. The van der Waals surface area contributed by atoms with Crippen molar-refractivity contribution in [2.24, 2.45) is 16.8 Å². The molecule has 1 heterocycles. The van der Waals surface area contributed by atoms with E-state index in [1.807, 2.05) is 0 Å². The largest absolute Gasteiger partial charge is 0.409 e. The lowest BCUT2D eigenvalue weighted by Crippen LogP contribution is -2.38. The second-order valence-corrected chi connectivity index (χ2v) is 3.12. The SMILES string of the molecule is CC(C(=O)NCCc1ncno1)C(N)=NO. The fourth-order valence-corrected chi connectivity index (χ4v) is 0.973. The third-order valence-corrected chi connectivity index (χ3v) is 2.00. The predicted molar refractivity (Wildman–Crippen MR) is 53.6 cm³/mol. The van der Waals surface area contributed by atoms with E-state index < -0.39 is 5.92 Å². The molecule has 1 atom stereocenters. The molecule has 4 N–H and O–H groups in total. The van der Waals surface area contributed by atoms with E-state index in [4.69, 9.17) is 15.5 Å². The number of aromatic nitrogens is 2. The fraction of sp³-hybridized carbons (Fsp3) is 0.500. The van der Waals surface area contributed by atoms with Gasteiger partial charge in [-0.1, -0.05) is 10.3 Å². The van der Waals surface area contributed by atoms with Crippen LogP contribution in [0.1, 0.15) is 12.8 Å². The Hall–Kier alpha value is -2.12. The maximum absolute atomic E-state index is 11.4. The fourth-order valence-electron chi connectivity index (χ4n) is 0.973. The molecular formula is C8H13N5O3. The van der Waals surface area contributed by atoms with Gasteiger partial charge in [-0.2, -0.15) is 4.98 Å². The molecule has 1 unspecified atom stereocenters. The van der Waals surface area contributed by atoms with E-state index in [0.29, 0.717) is 18.9 Å². The van der Waals surface area contributed by atoms with E-state index >= 15 is 0 Å². The van der Waals surface area contributed by atoms with Crippen molar-refractivity contribution in [1.82, 2.24) is 15.5 Å². The molecule has 0 saturated carbocycles. The Morgan fingerprint density at radius 2 is 2.56 bits per heavy atom. The van der Waals surface area contributed by atoms with Crippen LogP contribution in [0.25, 0.3) is 0 Å². The number of amidine groups is 1. The average Bonchev–Trinajstić information content (AvgIpc) is 2.79. The predicted octanol–water partition coefficient (Wildman–Crippen LogP) is -0.889. The number of carbonyl (C=O) groups is 1. The van der Waals surface area contributed by atoms with Crippen molar-refractivity contribution in [1.29, 1.82) is 0 Å². The summed E-state index contributed by atoms with van der Waals surface area (Å²) < 4.78 is 4.74.